The van der Waals surface area contributed by atoms with Gasteiger partial charge in [-0.3, -0.25) is 4.79 Å². The van der Waals surface area contributed by atoms with Gasteiger partial charge >= 0.3 is 0 Å². The first-order valence-corrected chi connectivity index (χ1v) is 6.19. The van der Waals surface area contributed by atoms with E-state index in [0.717, 1.165) is 11.3 Å². The van der Waals surface area contributed by atoms with Crippen LogP contribution in [0.15, 0.2) is 54.6 Å². The second-order valence-electron chi connectivity index (χ2n) is 3.52. The molecule has 0 aliphatic heterocycles. The molecule has 2 nitrogen and oxygen atoms in total. The molecule has 94 valence electrons. The molecule has 0 amide bonds. The molecule has 0 spiro atoms. The normalized spacial score (nSPS) is 9.06. The molecule has 0 bridgehead atoms. The average Bonchev–Trinajstić information content (AvgIpc) is 2.49. The fraction of sp³-hybridized carbons (Fsp3) is 0.188. The molecule has 0 aliphatic rings. The fourth-order valence-electron chi connectivity index (χ4n) is 1.54. The van der Waals surface area contributed by atoms with E-state index >= 15 is 0 Å². The topological polar surface area (TPSA) is 29.1 Å². The Morgan fingerprint density at radius 3 is 1.83 bits per heavy atom. The van der Waals surface area contributed by atoms with Gasteiger partial charge < -0.3 is 5.32 Å². The fourth-order valence-corrected chi connectivity index (χ4v) is 1.54. The molecule has 0 fully saturated rings. The van der Waals surface area contributed by atoms with E-state index in [4.69, 9.17) is 0 Å². The highest BCUT2D eigenvalue weighted by Gasteiger charge is 2.07. The minimum Gasteiger partial charge on any atom is -0.388 e. The summed E-state index contributed by atoms with van der Waals surface area (Å²) in [7, 11) is 1.86. The summed E-state index contributed by atoms with van der Waals surface area (Å²) in [4.78, 5) is 12.0. The molecule has 0 heterocycles. The first-order valence-electron chi connectivity index (χ1n) is 6.19. The molecule has 0 aliphatic carbocycles. The highest BCUT2D eigenvalue weighted by molar-refractivity contribution is 6.09. The van der Waals surface area contributed by atoms with Gasteiger partial charge in [0, 0.05) is 23.9 Å². The number of carbonyl (C=O) groups is 1. The third-order valence-corrected chi connectivity index (χ3v) is 2.47. The Hall–Kier alpha value is -2.09. The first kappa shape index (κ1) is 14.0. The van der Waals surface area contributed by atoms with Gasteiger partial charge in [0.1, 0.15) is 0 Å². The molecule has 1 N–H and O–H groups in total. The van der Waals surface area contributed by atoms with Crippen LogP contribution in [0.1, 0.15) is 29.8 Å². The average molecular weight is 241 g/mol. The molecule has 0 saturated carbocycles. The number of hydrogen-bond donors (Lipinski definition) is 1. The Morgan fingerprint density at radius 2 is 1.33 bits per heavy atom. The van der Waals surface area contributed by atoms with Gasteiger partial charge in [0.2, 0.25) is 0 Å². The van der Waals surface area contributed by atoms with Gasteiger partial charge in [0.05, 0.1) is 0 Å². The largest absolute Gasteiger partial charge is 0.388 e. The summed E-state index contributed by atoms with van der Waals surface area (Å²) in [6.07, 6.45) is 0. The molecule has 0 unspecified atom stereocenters. The zero-order valence-electron chi connectivity index (χ0n) is 11.1. The lowest BCUT2D eigenvalue weighted by molar-refractivity contribution is 0.103. The standard InChI is InChI=1S/C14H13NO.C2H6/c1-15-13-9-7-12(8-10-13)14(16)11-5-3-2-4-6-11;1-2/h2-10,15H,1H3;1-2H3. The van der Waals surface area contributed by atoms with E-state index in [1.165, 1.54) is 0 Å². The van der Waals surface area contributed by atoms with Gasteiger partial charge in [0.25, 0.3) is 0 Å². The lowest BCUT2D eigenvalue weighted by Gasteiger charge is -2.03. The predicted octanol–water partition coefficient (Wildman–Crippen LogP) is 3.99. The highest BCUT2D eigenvalue weighted by Crippen LogP contribution is 2.13. The zero-order valence-corrected chi connectivity index (χ0v) is 11.1. The van der Waals surface area contributed by atoms with Crippen molar-refractivity contribution in [3.63, 3.8) is 0 Å². The number of anilines is 1. The van der Waals surface area contributed by atoms with Gasteiger partial charge in [-0.15, -0.1) is 0 Å². The monoisotopic (exact) mass is 241 g/mol. The number of nitrogens with one attached hydrogen (secondary N) is 1. The van der Waals surface area contributed by atoms with Gasteiger partial charge in [0.15, 0.2) is 5.78 Å². The van der Waals surface area contributed by atoms with Crippen molar-refractivity contribution in [2.75, 3.05) is 12.4 Å². The highest BCUT2D eigenvalue weighted by atomic mass is 16.1. The lowest BCUT2D eigenvalue weighted by Crippen LogP contribution is -2.00. The van der Waals surface area contributed by atoms with Crippen LogP contribution in [-0.4, -0.2) is 12.8 Å². The van der Waals surface area contributed by atoms with Crippen molar-refractivity contribution in [1.82, 2.24) is 0 Å². The van der Waals surface area contributed by atoms with Crippen molar-refractivity contribution in [3.05, 3.63) is 65.7 Å². The van der Waals surface area contributed by atoms with Crippen molar-refractivity contribution in [1.29, 1.82) is 0 Å². The predicted molar refractivity (Wildman–Crippen MR) is 77.2 cm³/mol. The first-order chi connectivity index (χ1) is 8.81. The third kappa shape index (κ3) is 3.45. The van der Waals surface area contributed by atoms with E-state index in [-0.39, 0.29) is 5.78 Å². The van der Waals surface area contributed by atoms with E-state index in [0.29, 0.717) is 5.56 Å². The zero-order chi connectivity index (χ0) is 13.4. The summed E-state index contributed by atoms with van der Waals surface area (Å²) in [5.41, 5.74) is 2.44. The lowest BCUT2D eigenvalue weighted by atomic mass is 10.0. The number of benzene rings is 2. The summed E-state index contributed by atoms with van der Waals surface area (Å²) in [6.45, 7) is 4.00. The third-order valence-electron chi connectivity index (χ3n) is 2.47. The number of carbonyl (C=O) groups excluding carboxylic acids is 1. The Bertz CT molecular complexity index is 474. The number of rotatable bonds is 3. The number of ketones is 1. The molecular weight excluding hydrogens is 222 g/mol. The molecule has 0 radical (unpaired) electrons. The molecule has 0 atom stereocenters. The second kappa shape index (κ2) is 7.28. The van der Waals surface area contributed by atoms with E-state index in [1.54, 1.807) is 0 Å². The Kier molecular flexibility index (Phi) is 5.65. The molecular formula is C16H19NO. The summed E-state index contributed by atoms with van der Waals surface area (Å²) in [5, 5.41) is 3.02. The van der Waals surface area contributed by atoms with Crippen molar-refractivity contribution in [3.8, 4) is 0 Å². The van der Waals surface area contributed by atoms with Crippen LogP contribution in [0.5, 0.6) is 0 Å². The van der Waals surface area contributed by atoms with Crippen molar-refractivity contribution in [2.45, 2.75) is 13.8 Å². The quantitative estimate of drug-likeness (QED) is 0.823. The van der Waals surface area contributed by atoms with Crippen LogP contribution in [0.3, 0.4) is 0 Å². The van der Waals surface area contributed by atoms with Crippen LogP contribution in [0, 0.1) is 0 Å². The summed E-state index contributed by atoms with van der Waals surface area (Å²) >= 11 is 0. The Morgan fingerprint density at radius 1 is 0.833 bits per heavy atom. The van der Waals surface area contributed by atoms with Crippen molar-refractivity contribution in [2.24, 2.45) is 0 Å². The van der Waals surface area contributed by atoms with E-state index < -0.39 is 0 Å². The van der Waals surface area contributed by atoms with Crippen molar-refractivity contribution < 1.29 is 4.79 Å². The van der Waals surface area contributed by atoms with Crippen LogP contribution in [0.4, 0.5) is 5.69 Å². The smallest absolute Gasteiger partial charge is 0.193 e. The second-order valence-corrected chi connectivity index (χ2v) is 3.52. The SMILES string of the molecule is CC.CNc1ccc(C(=O)c2ccccc2)cc1. The van der Waals surface area contributed by atoms with Crippen molar-refractivity contribution >= 4 is 11.5 Å². The minimum atomic E-state index is 0.0586. The maximum Gasteiger partial charge on any atom is 0.193 e. The summed E-state index contributed by atoms with van der Waals surface area (Å²) in [6, 6.07) is 16.8. The van der Waals surface area contributed by atoms with Crippen LogP contribution in [-0.2, 0) is 0 Å². The van der Waals surface area contributed by atoms with Gasteiger partial charge in [-0.2, -0.15) is 0 Å². The molecule has 2 aromatic rings. The molecule has 0 saturated heterocycles. The van der Waals surface area contributed by atoms with Gasteiger partial charge in [-0.05, 0) is 24.3 Å². The Balaban J connectivity index is 0.000000771. The molecule has 2 rings (SSSR count). The Labute approximate surface area is 109 Å². The van der Waals surface area contributed by atoms with Crippen LogP contribution in [0.2, 0.25) is 0 Å². The van der Waals surface area contributed by atoms with Crippen LogP contribution >= 0.6 is 0 Å². The summed E-state index contributed by atoms with van der Waals surface area (Å²) in [5.74, 6) is 0.0586. The van der Waals surface area contributed by atoms with Gasteiger partial charge in [-0.25, -0.2) is 0 Å². The molecule has 18 heavy (non-hydrogen) atoms. The van der Waals surface area contributed by atoms with Crippen LogP contribution in [0.25, 0.3) is 0 Å². The molecule has 2 aromatic carbocycles. The van der Waals surface area contributed by atoms with Crippen LogP contribution < -0.4 is 5.32 Å². The minimum absolute atomic E-state index is 0.0586. The number of hydrogen-bond acceptors (Lipinski definition) is 2. The van der Waals surface area contributed by atoms with E-state index in [9.17, 15) is 4.79 Å². The maximum absolute atomic E-state index is 12.0. The van der Waals surface area contributed by atoms with E-state index in [1.807, 2.05) is 75.5 Å². The summed E-state index contributed by atoms with van der Waals surface area (Å²) < 4.78 is 0. The van der Waals surface area contributed by atoms with Gasteiger partial charge in [-0.1, -0.05) is 44.2 Å². The molecule has 2 heteroatoms. The maximum atomic E-state index is 12.0. The van der Waals surface area contributed by atoms with E-state index in [2.05, 4.69) is 5.32 Å². The molecule has 0 aromatic heterocycles.